The summed E-state index contributed by atoms with van der Waals surface area (Å²) in [5.41, 5.74) is 6.88. The molecule has 2 rings (SSSR count). The molecule has 0 saturated heterocycles. The van der Waals surface area contributed by atoms with Crippen molar-refractivity contribution in [2.45, 2.75) is 23.8 Å². The molecule has 0 bridgehead atoms. The Labute approximate surface area is 95.1 Å². The van der Waals surface area contributed by atoms with Gasteiger partial charge in [0.05, 0.1) is 4.90 Å². The number of nitrogen functional groups attached to an aromatic ring is 1. The van der Waals surface area contributed by atoms with E-state index in [1.807, 2.05) is 11.9 Å². The lowest BCUT2D eigenvalue weighted by atomic mass is 10.2. The molecule has 0 amide bonds. The van der Waals surface area contributed by atoms with Crippen LogP contribution in [0.15, 0.2) is 23.1 Å². The number of nitrogens with zero attached hydrogens (tertiary/aromatic N) is 1. The third kappa shape index (κ3) is 2.28. The number of nitrogens with two attached hydrogens (primary N) is 2. The Morgan fingerprint density at radius 3 is 2.44 bits per heavy atom. The first kappa shape index (κ1) is 11.2. The number of primary sulfonamides is 1. The standard InChI is InChI=1S/C10H15N3O2S/c1-13(8-2-3-8)9-4-7(11)5-10(6-9)16(12,14)15/h4-6,8H,2-3,11H2,1H3,(H2,12,14,15). The fourth-order valence-electron chi connectivity index (χ4n) is 1.65. The number of rotatable bonds is 3. The van der Waals surface area contributed by atoms with Gasteiger partial charge in [0.15, 0.2) is 0 Å². The van der Waals surface area contributed by atoms with Gasteiger partial charge in [-0.1, -0.05) is 0 Å². The average Bonchev–Trinajstić information content (AvgIpc) is 2.97. The Morgan fingerprint density at radius 2 is 1.94 bits per heavy atom. The molecule has 0 heterocycles. The van der Waals surface area contributed by atoms with E-state index in [0.29, 0.717) is 11.7 Å². The lowest BCUT2D eigenvalue weighted by molar-refractivity contribution is 0.598. The monoisotopic (exact) mass is 241 g/mol. The lowest BCUT2D eigenvalue weighted by Crippen LogP contribution is -2.20. The van der Waals surface area contributed by atoms with E-state index in [4.69, 9.17) is 10.9 Å². The molecule has 0 atom stereocenters. The molecule has 1 fully saturated rings. The summed E-state index contributed by atoms with van der Waals surface area (Å²) in [6.45, 7) is 0. The summed E-state index contributed by atoms with van der Waals surface area (Å²) in [7, 11) is -1.76. The number of benzene rings is 1. The summed E-state index contributed by atoms with van der Waals surface area (Å²) >= 11 is 0. The molecule has 0 spiro atoms. The maximum Gasteiger partial charge on any atom is 0.238 e. The van der Waals surface area contributed by atoms with Gasteiger partial charge in [-0.05, 0) is 31.0 Å². The van der Waals surface area contributed by atoms with Crippen LogP contribution in [-0.2, 0) is 10.0 Å². The quantitative estimate of drug-likeness (QED) is 0.755. The second-order valence-corrected chi connectivity index (χ2v) is 5.71. The lowest BCUT2D eigenvalue weighted by Gasteiger charge is -2.19. The first-order valence-electron chi connectivity index (χ1n) is 5.04. The van der Waals surface area contributed by atoms with Gasteiger partial charge in [-0.2, -0.15) is 0 Å². The van der Waals surface area contributed by atoms with Crippen LogP contribution in [0.2, 0.25) is 0 Å². The molecular weight excluding hydrogens is 226 g/mol. The van der Waals surface area contributed by atoms with Gasteiger partial charge in [-0.15, -0.1) is 0 Å². The van der Waals surface area contributed by atoms with Crippen molar-refractivity contribution in [1.82, 2.24) is 0 Å². The van der Waals surface area contributed by atoms with Crippen molar-refractivity contribution in [3.8, 4) is 0 Å². The highest BCUT2D eigenvalue weighted by Gasteiger charge is 2.27. The van der Waals surface area contributed by atoms with Crippen LogP contribution in [0.25, 0.3) is 0 Å². The van der Waals surface area contributed by atoms with Gasteiger partial charge in [0, 0.05) is 24.5 Å². The summed E-state index contributed by atoms with van der Waals surface area (Å²) in [5, 5.41) is 5.08. The Bertz CT molecular complexity index is 509. The second-order valence-electron chi connectivity index (χ2n) is 4.15. The highest BCUT2D eigenvalue weighted by atomic mass is 32.2. The van der Waals surface area contributed by atoms with Crippen LogP contribution in [-0.4, -0.2) is 21.5 Å². The van der Waals surface area contributed by atoms with E-state index in [-0.39, 0.29) is 4.90 Å². The van der Waals surface area contributed by atoms with Crippen LogP contribution >= 0.6 is 0 Å². The topological polar surface area (TPSA) is 89.4 Å². The van der Waals surface area contributed by atoms with Crippen LogP contribution in [0, 0.1) is 0 Å². The SMILES string of the molecule is CN(c1cc(N)cc(S(N)(=O)=O)c1)C1CC1. The van der Waals surface area contributed by atoms with Crippen molar-refractivity contribution in [3.05, 3.63) is 18.2 Å². The van der Waals surface area contributed by atoms with Gasteiger partial charge in [0.1, 0.15) is 0 Å². The summed E-state index contributed by atoms with van der Waals surface area (Å²) in [6.07, 6.45) is 2.27. The van der Waals surface area contributed by atoms with Crippen LogP contribution in [0.3, 0.4) is 0 Å². The fraction of sp³-hybridized carbons (Fsp3) is 0.400. The van der Waals surface area contributed by atoms with Crippen LogP contribution < -0.4 is 15.8 Å². The maximum absolute atomic E-state index is 11.2. The predicted molar refractivity (Wildman–Crippen MR) is 63.7 cm³/mol. The molecule has 16 heavy (non-hydrogen) atoms. The molecule has 0 unspecified atom stereocenters. The van der Waals surface area contributed by atoms with Crippen molar-refractivity contribution in [1.29, 1.82) is 0 Å². The molecular formula is C10H15N3O2S. The van der Waals surface area contributed by atoms with Crippen molar-refractivity contribution in [2.24, 2.45) is 5.14 Å². The Hall–Kier alpha value is -1.27. The number of hydrogen-bond donors (Lipinski definition) is 2. The van der Waals surface area contributed by atoms with E-state index in [9.17, 15) is 8.42 Å². The molecule has 1 saturated carbocycles. The van der Waals surface area contributed by atoms with Gasteiger partial charge >= 0.3 is 0 Å². The van der Waals surface area contributed by atoms with Gasteiger partial charge in [0.25, 0.3) is 0 Å². The van der Waals surface area contributed by atoms with Crippen molar-refractivity contribution < 1.29 is 8.42 Å². The molecule has 0 aromatic heterocycles. The van der Waals surface area contributed by atoms with Gasteiger partial charge in [-0.25, -0.2) is 13.6 Å². The molecule has 1 aromatic carbocycles. The summed E-state index contributed by atoms with van der Waals surface area (Å²) in [5.74, 6) is 0. The van der Waals surface area contributed by atoms with Crippen LogP contribution in [0.1, 0.15) is 12.8 Å². The van der Waals surface area contributed by atoms with Crippen molar-refractivity contribution >= 4 is 21.4 Å². The number of anilines is 2. The molecule has 0 aliphatic heterocycles. The maximum atomic E-state index is 11.2. The molecule has 1 aliphatic carbocycles. The molecule has 1 aliphatic rings. The van der Waals surface area contributed by atoms with Crippen LogP contribution in [0.4, 0.5) is 11.4 Å². The van der Waals surface area contributed by atoms with Gasteiger partial charge in [0.2, 0.25) is 10.0 Å². The van der Waals surface area contributed by atoms with Crippen molar-refractivity contribution in [3.63, 3.8) is 0 Å². The zero-order valence-electron chi connectivity index (χ0n) is 9.05. The van der Waals surface area contributed by atoms with Gasteiger partial charge < -0.3 is 10.6 Å². The van der Waals surface area contributed by atoms with E-state index in [0.717, 1.165) is 18.5 Å². The first-order chi connectivity index (χ1) is 7.38. The van der Waals surface area contributed by atoms with Crippen LogP contribution in [0.5, 0.6) is 0 Å². The Kier molecular flexibility index (Phi) is 2.55. The number of sulfonamides is 1. The van der Waals surface area contributed by atoms with E-state index in [2.05, 4.69) is 0 Å². The van der Waals surface area contributed by atoms with Gasteiger partial charge in [-0.3, -0.25) is 0 Å². The normalized spacial score (nSPS) is 16.1. The minimum Gasteiger partial charge on any atom is -0.399 e. The molecule has 4 N–H and O–H groups in total. The summed E-state index contributed by atoms with van der Waals surface area (Å²) in [4.78, 5) is 2.10. The molecule has 88 valence electrons. The molecule has 5 nitrogen and oxygen atoms in total. The zero-order valence-corrected chi connectivity index (χ0v) is 9.87. The highest BCUT2D eigenvalue weighted by Crippen LogP contribution is 2.32. The number of hydrogen-bond acceptors (Lipinski definition) is 4. The fourth-order valence-corrected chi connectivity index (χ4v) is 2.23. The zero-order chi connectivity index (χ0) is 11.9. The predicted octanol–water partition coefficient (Wildman–Crippen LogP) is 0.515. The van der Waals surface area contributed by atoms with E-state index in [1.165, 1.54) is 6.07 Å². The van der Waals surface area contributed by atoms with E-state index in [1.54, 1.807) is 12.1 Å². The first-order valence-corrected chi connectivity index (χ1v) is 6.59. The highest BCUT2D eigenvalue weighted by molar-refractivity contribution is 7.89. The van der Waals surface area contributed by atoms with E-state index < -0.39 is 10.0 Å². The molecule has 0 radical (unpaired) electrons. The Morgan fingerprint density at radius 1 is 1.31 bits per heavy atom. The van der Waals surface area contributed by atoms with Crippen molar-refractivity contribution in [2.75, 3.05) is 17.7 Å². The Balaban J connectivity index is 2.43. The van der Waals surface area contributed by atoms with E-state index >= 15 is 0 Å². The average molecular weight is 241 g/mol. The molecule has 1 aromatic rings. The third-order valence-electron chi connectivity index (χ3n) is 2.74. The smallest absolute Gasteiger partial charge is 0.238 e. The second kappa shape index (κ2) is 3.64. The summed E-state index contributed by atoms with van der Waals surface area (Å²) in [6, 6.07) is 5.19. The molecule has 6 heteroatoms. The largest absolute Gasteiger partial charge is 0.399 e. The summed E-state index contributed by atoms with van der Waals surface area (Å²) < 4.78 is 22.5. The minimum atomic E-state index is -3.69. The third-order valence-corrected chi connectivity index (χ3v) is 3.64. The minimum absolute atomic E-state index is 0.0648.